The Morgan fingerprint density at radius 1 is 0.889 bits per heavy atom. The molecular weight excluding hydrogens is 368 g/mol. The van der Waals surface area contributed by atoms with Crippen LogP contribution in [0.3, 0.4) is 0 Å². The van der Waals surface area contributed by atoms with Crippen LogP contribution >= 0.6 is 11.3 Å². The SMILES string of the molecule is O=C(Nc1ccc(C(=O)O)c([O-])c1)c1ccc(NC(=O)c2cccs2)cc1. The molecule has 3 N–H and O–H groups in total. The van der Waals surface area contributed by atoms with Crippen LogP contribution in [0.15, 0.2) is 60.0 Å². The average Bonchev–Trinajstić information content (AvgIpc) is 3.17. The number of anilines is 2. The van der Waals surface area contributed by atoms with Crippen molar-refractivity contribution in [3.8, 4) is 5.75 Å². The quantitative estimate of drug-likeness (QED) is 0.628. The maximum Gasteiger partial charge on any atom is 0.335 e. The van der Waals surface area contributed by atoms with Gasteiger partial charge in [-0.05, 0) is 53.9 Å². The van der Waals surface area contributed by atoms with Gasteiger partial charge < -0.3 is 20.8 Å². The molecule has 0 aliphatic carbocycles. The van der Waals surface area contributed by atoms with Crippen molar-refractivity contribution in [3.63, 3.8) is 0 Å². The van der Waals surface area contributed by atoms with E-state index in [1.54, 1.807) is 29.6 Å². The summed E-state index contributed by atoms with van der Waals surface area (Å²) in [6, 6.07) is 13.3. The van der Waals surface area contributed by atoms with Gasteiger partial charge >= 0.3 is 5.97 Å². The second kappa shape index (κ2) is 7.71. The fraction of sp³-hybridized carbons (Fsp3) is 0. The molecule has 0 aliphatic rings. The number of carbonyl (C=O) groups is 3. The summed E-state index contributed by atoms with van der Waals surface area (Å²) in [7, 11) is 0. The molecule has 3 aromatic rings. The van der Waals surface area contributed by atoms with E-state index in [4.69, 9.17) is 5.11 Å². The van der Waals surface area contributed by atoms with E-state index in [1.165, 1.54) is 29.5 Å². The van der Waals surface area contributed by atoms with E-state index in [0.29, 0.717) is 16.1 Å². The lowest BCUT2D eigenvalue weighted by atomic mass is 10.1. The van der Waals surface area contributed by atoms with Gasteiger partial charge in [-0.15, -0.1) is 11.3 Å². The molecule has 0 fully saturated rings. The summed E-state index contributed by atoms with van der Waals surface area (Å²) in [4.78, 5) is 35.7. The normalized spacial score (nSPS) is 10.2. The molecular formula is C19H13N2O5S-. The zero-order chi connectivity index (χ0) is 19.4. The maximum atomic E-state index is 12.2. The van der Waals surface area contributed by atoms with Gasteiger partial charge in [0.2, 0.25) is 0 Å². The van der Waals surface area contributed by atoms with Crippen molar-refractivity contribution < 1.29 is 24.6 Å². The lowest BCUT2D eigenvalue weighted by Gasteiger charge is -2.13. The van der Waals surface area contributed by atoms with Gasteiger partial charge in [0.1, 0.15) is 0 Å². The monoisotopic (exact) mass is 381 g/mol. The predicted molar refractivity (Wildman–Crippen MR) is 99.5 cm³/mol. The van der Waals surface area contributed by atoms with Gasteiger partial charge in [-0.3, -0.25) is 9.59 Å². The van der Waals surface area contributed by atoms with E-state index in [2.05, 4.69) is 10.6 Å². The van der Waals surface area contributed by atoms with Gasteiger partial charge in [0.05, 0.1) is 10.4 Å². The third-order valence-electron chi connectivity index (χ3n) is 3.62. The lowest BCUT2D eigenvalue weighted by Crippen LogP contribution is -2.14. The highest BCUT2D eigenvalue weighted by Crippen LogP contribution is 2.20. The van der Waals surface area contributed by atoms with Crippen LogP contribution in [0.25, 0.3) is 0 Å². The molecule has 0 aliphatic heterocycles. The molecule has 0 saturated carbocycles. The first-order valence-electron chi connectivity index (χ1n) is 7.74. The average molecular weight is 381 g/mol. The molecule has 0 saturated heterocycles. The molecule has 0 bridgehead atoms. The molecule has 3 rings (SSSR count). The van der Waals surface area contributed by atoms with Crippen molar-refractivity contribution in [1.82, 2.24) is 0 Å². The second-order valence-corrected chi connectivity index (χ2v) is 6.43. The first-order chi connectivity index (χ1) is 12.9. The summed E-state index contributed by atoms with van der Waals surface area (Å²) in [5.41, 5.74) is 0.695. The van der Waals surface area contributed by atoms with Gasteiger partial charge in [-0.1, -0.05) is 11.8 Å². The highest BCUT2D eigenvalue weighted by atomic mass is 32.1. The van der Waals surface area contributed by atoms with Crippen LogP contribution in [0.5, 0.6) is 5.75 Å². The Morgan fingerprint density at radius 2 is 1.56 bits per heavy atom. The first kappa shape index (κ1) is 18.2. The Hall–Kier alpha value is -3.65. The molecule has 136 valence electrons. The number of thiophene rings is 1. The van der Waals surface area contributed by atoms with Crippen LogP contribution in [0, 0.1) is 0 Å². The van der Waals surface area contributed by atoms with Crippen molar-refractivity contribution in [3.05, 3.63) is 76.0 Å². The van der Waals surface area contributed by atoms with E-state index in [-0.39, 0.29) is 17.2 Å². The van der Waals surface area contributed by atoms with E-state index in [1.807, 2.05) is 0 Å². The van der Waals surface area contributed by atoms with Crippen LogP contribution in [0.4, 0.5) is 11.4 Å². The molecule has 1 heterocycles. The van der Waals surface area contributed by atoms with E-state index >= 15 is 0 Å². The fourth-order valence-corrected chi connectivity index (χ4v) is 2.90. The van der Waals surface area contributed by atoms with E-state index in [9.17, 15) is 19.5 Å². The van der Waals surface area contributed by atoms with E-state index in [0.717, 1.165) is 12.1 Å². The molecule has 2 aromatic carbocycles. The van der Waals surface area contributed by atoms with Crippen LogP contribution in [-0.2, 0) is 0 Å². The van der Waals surface area contributed by atoms with Crippen LogP contribution in [0.1, 0.15) is 30.4 Å². The number of carboxylic acids is 1. The highest BCUT2D eigenvalue weighted by Gasteiger charge is 2.10. The minimum atomic E-state index is -1.32. The molecule has 1 aromatic heterocycles. The minimum absolute atomic E-state index is 0.199. The van der Waals surface area contributed by atoms with Crippen molar-refractivity contribution >= 4 is 40.5 Å². The molecule has 0 atom stereocenters. The van der Waals surface area contributed by atoms with Crippen molar-refractivity contribution in [2.75, 3.05) is 10.6 Å². The third kappa shape index (κ3) is 4.31. The zero-order valence-corrected chi connectivity index (χ0v) is 14.6. The molecule has 7 nitrogen and oxygen atoms in total. The third-order valence-corrected chi connectivity index (χ3v) is 4.49. The first-order valence-corrected chi connectivity index (χ1v) is 8.62. The summed E-state index contributed by atoms with van der Waals surface area (Å²) in [5.74, 6) is -2.71. The standard InChI is InChI=1S/C19H14N2O5S/c22-15-10-13(7-8-14(15)19(25)26)21-17(23)11-3-5-12(6-4-11)20-18(24)16-2-1-9-27-16/h1-10,22H,(H,20,24)(H,21,23)(H,25,26)/p-1. The number of aromatic carboxylic acids is 1. The Balaban J connectivity index is 1.66. The number of carboxylic acid groups (broad SMARTS) is 1. The Kier molecular flexibility index (Phi) is 5.18. The number of hydrogen-bond donors (Lipinski definition) is 3. The van der Waals surface area contributed by atoms with Gasteiger partial charge in [-0.25, -0.2) is 4.79 Å². The van der Waals surface area contributed by atoms with Gasteiger partial charge in [0.15, 0.2) is 0 Å². The summed E-state index contributed by atoms with van der Waals surface area (Å²) >= 11 is 1.32. The molecule has 27 heavy (non-hydrogen) atoms. The summed E-state index contributed by atoms with van der Waals surface area (Å²) in [5, 5.41) is 27.6. The Labute approximate surface area is 157 Å². The zero-order valence-electron chi connectivity index (χ0n) is 13.8. The Bertz CT molecular complexity index is 997. The van der Waals surface area contributed by atoms with E-state index < -0.39 is 17.6 Å². The largest absolute Gasteiger partial charge is 0.872 e. The lowest BCUT2D eigenvalue weighted by molar-refractivity contribution is -0.268. The predicted octanol–water partition coefficient (Wildman–Crippen LogP) is 3.02. The second-order valence-electron chi connectivity index (χ2n) is 5.48. The number of hydrogen-bond acceptors (Lipinski definition) is 5. The molecule has 0 unspecified atom stereocenters. The van der Waals surface area contributed by atoms with Crippen LogP contribution < -0.4 is 15.7 Å². The van der Waals surface area contributed by atoms with Crippen LogP contribution in [-0.4, -0.2) is 22.9 Å². The molecule has 2 amide bonds. The smallest absolute Gasteiger partial charge is 0.335 e. The van der Waals surface area contributed by atoms with Gasteiger partial charge in [-0.2, -0.15) is 0 Å². The van der Waals surface area contributed by atoms with Gasteiger partial charge in [0.25, 0.3) is 11.8 Å². The number of rotatable bonds is 5. The minimum Gasteiger partial charge on any atom is -0.872 e. The topological polar surface area (TPSA) is 119 Å². The fourth-order valence-electron chi connectivity index (χ4n) is 2.29. The highest BCUT2D eigenvalue weighted by molar-refractivity contribution is 7.12. The van der Waals surface area contributed by atoms with Crippen molar-refractivity contribution in [1.29, 1.82) is 0 Å². The summed E-state index contributed by atoms with van der Waals surface area (Å²) in [6.45, 7) is 0. The van der Waals surface area contributed by atoms with Crippen molar-refractivity contribution in [2.24, 2.45) is 0 Å². The Morgan fingerprint density at radius 3 is 2.15 bits per heavy atom. The van der Waals surface area contributed by atoms with Crippen LogP contribution in [0.2, 0.25) is 0 Å². The molecule has 0 spiro atoms. The summed E-state index contributed by atoms with van der Waals surface area (Å²) < 4.78 is 0. The summed E-state index contributed by atoms with van der Waals surface area (Å²) in [6.07, 6.45) is 0. The number of benzene rings is 2. The number of amides is 2. The number of nitrogens with one attached hydrogen (secondary N) is 2. The maximum absolute atomic E-state index is 12.2. The van der Waals surface area contributed by atoms with Gasteiger partial charge in [0, 0.05) is 16.9 Å². The molecule has 0 radical (unpaired) electrons. The van der Waals surface area contributed by atoms with Crippen molar-refractivity contribution in [2.45, 2.75) is 0 Å². The number of carbonyl (C=O) groups excluding carboxylic acids is 2. The molecule has 8 heteroatoms.